The van der Waals surface area contributed by atoms with Gasteiger partial charge in [0, 0.05) is 37.0 Å². The number of nitrogens with one attached hydrogen (secondary N) is 1. The molecule has 0 fully saturated rings. The lowest BCUT2D eigenvalue weighted by molar-refractivity contribution is 0.449. The molecule has 1 atom stereocenters. The average Bonchev–Trinajstić information content (AvgIpc) is 2.35. The number of aryl methyl sites for hydroxylation is 1. The lowest BCUT2D eigenvalue weighted by atomic mass is 9.97. The molecular formula is C13H14N2O3. The summed E-state index contributed by atoms with van der Waals surface area (Å²) in [6.45, 7) is 1.78. The standard InChI is InChI=1S/C13H14N2O3/c1-8(9-4-3-6-14-13(9)18)11-12(17)10(16)5-7-15(11)2/h3-8,17H,1-2H3,(H,14,18). The SMILES string of the molecule is CC(c1ccc[nH]c1=O)c1c(O)c(=O)ccn1C. The Morgan fingerprint density at radius 2 is 2.06 bits per heavy atom. The zero-order valence-electron chi connectivity index (χ0n) is 10.2. The minimum atomic E-state index is -0.442. The molecule has 0 aliphatic rings. The predicted octanol–water partition coefficient (Wildman–Crippen LogP) is 0.931. The van der Waals surface area contributed by atoms with Gasteiger partial charge in [-0.3, -0.25) is 9.59 Å². The fourth-order valence-corrected chi connectivity index (χ4v) is 2.07. The fraction of sp³-hybridized carbons (Fsp3) is 0.231. The molecule has 0 bridgehead atoms. The Labute approximate surface area is 103 Å². The van der Waals surface area contributed by atoms with Gasteiger partial charge in [0.15, 0.2) is 5.75 Å². The lowest BCUT2D eigenvalue weighted by Gasteiger charge is -2.16. The van der Waals surface area contributed by atoms with E-state index in [1.165, 1.54) is 6.07 Å². The van der Waals surface area contributed by atoms with Crippen LogP contribution in [0.3, 0.4) is 0 Å². The van der Waals surface area contributed by atoms with E-state index in [4.69, 9.17) is 0 Å². The van der Waals surface area contributed by atoms with Crippen molar-refractivity contribution in [1.82, 2.24) is 9.55 Å². The van der Waals surface area contributed by atoms with Crippen LogP contribution in [-0.2, 0) is 7.05 Å². The first-order chi connectivity index (χ1) is 8.52. The van der Waals surface area contributed by atoms with E-state index in [1.54, 1.807) is 43.1 Å². The second-order valence-electron chi connectivity index (χ2n) is 4.20. The largest absolute Gasteiger partial charge is 0.503 e. The zero-order valence-corrected chi connectivity index (χ0v) is 10.2. The number of nitrogens with zero attached hydrogens (tertiary/aromatic N) is 1. The molecule has 1 unspecified atom stereocenters. The number of aromatic amines is 1. The van der Waals surface area contributed by atoms with Gasteiger partial charge in [0.1, 0.15) is 0 Å². The fourth-order valence-electron chi connectivity index (χ4n) is 2.07. The number of aromatic nitrogens is 2. The molecule has 0 radical (unpaired) electrons. The van der Waals surface area contributed by atoms with E-state index in [2.05, 4.69) is 4.98 Å². The number of H-pyrrole nitrogens is 1. The predicted molar refractivity (Wildman–Crippen MR) is 67.9 cm³/mol. The van der Waals surface area contributed by atoms with E-state index in [1.807, 2.05) is 0 Å². The molecule has 0 amide bonds. The third-order valence-corrected chi connectivity index (χ3v) is 3.03. The summed E-state index contributed by atoms with van der Waals surface area (Å²) < 4.78 is 1.65. The minimum Gasteiger partial charge on any atom is -0.503 e. The highest BCUT2D eigenvalue weighted by atomic mass is 16.3. The highest BCUT2D eigenvalue weighted by Crippen LogP contribution is 2.25. The Balaban J connectivity index is 2.64. The number of hydrogen-bond donors (Lipinski definition) is 2. The first-order valence-corrected chi connectivity index (χ1v) is 5.58. The van der Waals surface area contributed by atoms with E-state index < -0.39 is 5.43 Å². The van der Waals surface area contributed by atoms with Crippen molar-refractivity contribution in [3.8, 4) is 5.75 Å². The van der Waals surface area contributed by atoms with Crippen molar-refractivity contribution < 1.29 is 5.11 Å². The van der Waals surface area contributed by atoms with Crippen LogP contribution >= 0.6 is 0 Å². The van der Waals surface area contributed by atoms with Gasteiger partial charge in [-0.1, -0.05) is 13.0 Å². The first kappa shape index (κ1) is 12.2. The third kappa shape index (κ3) is 1.95. The topological polar surface area (TPSA) is 75.1 Å². The summed E-state index contributed by atoms with van der Waals surface area (Å²) in [6.07, 6.45) is 3.12. The molecule has 2 aromatic heterocycles. The van der Waals surface area contributed by atoms with E-state index in [0.717, 1.165) is 0 Å². The molecule has 2 aromatic rings. The molecule has 2 rings (SSSR count). The number of rotatable bonds is 2. The van der Waals surface area contributed by atoms with E-state index in [9.17, 15) is 14.7 Å². The molecule has 2 N–H and O–H groups in total. The highest BCUT2D eigenvalue weighted by molar-refractivity contribution is 5.35. The Kier molecular flexibility index (Phi) is 3.06. The lowest BCUT2D eigenvalue weighted by Crippen LogP contribution is -2.19. The third-order valence-electron chi connectivity index (χ3n) is 3.03. The molecular weight excluding hydrogens is 232 g/mol. The van der Waals surface area contributed by atoms with Crippen LogP contribution in [0.5, 0.6) is 5.75 Å². The van der Waals surface area contributed by atoms with Gasteiger partial charge >= 0.3 is 0 Å². The van der Waals surface area contributed by atoms with Crippen molar-refractivity contribution in [3.63, 3.8) is 0 Å². The van der Waals surface area contributed by atoms with Crippen LogP contribution in [0.15, 0.2) is 40.2 Å². The van der Waals surface area contributed by atoms with Crippen molar-refractivity contribution in [3.05, 3.63) is 62.4 Å². The molecule has 0 saturated carbocycles. The molecule has 18 heavy (non-hydrogen) atoms. The van der Waals surface area contributed by atoms with Crippen LogP contribution in [-0.4, -0.2) is 14.7 Å². The quantitative estimate of drug-likeness (QED) is 0.827. The normalized spacial score (nSPS) is 12.3. The number of hydrogen-bond acceptors (Lipinski definition) is 3. The maximum atomic E-state index is 11.7. The molecule has 0 aromatic carbocycles. The Bertz CT molecular complexity index is 685. The monoisotopic (exact) mass is 246 g/mol. The van der Waals surface area contributed by atoms with Crippen molar-refractivity contribution >= 4 is 0 Å². The Morgan fingerprint density at radius 1 is 1.33 bits per heavy atom. The van der Waals surface area contributed by atoms with Crippen LogP contribution in [0.1, 0.15) is 24.1 Å². The molecule has 0 spiro atoms. The zero-order chi connectivity index (χ0) is 13.3. The van der Waals surface area contributed by atoms with Gasteiger partial charge in [-0.15, -0.1) is 0 Å². The van der Waals surface area contributed by atoms with E-state index in [-0.39, 0.29) is 17.2 Å². The Morgan fingerprint density at radius 3 is 2.72 bits per heavy atom. The molecule has 0 saturated heterocycles. The summed E-state index contributed by atoms with van der Waals surface area (Å²) >= 11 is 0. The second kappa shape index (κ2) is 4.52. The summed E-state index contributed by atoms with van der Waals surface area (Å²) in [4.78, 5) is 25.8. The minimum absolute atomic E-state index is 0.222. The molecule has 5 heteroatoms. The van der Waals surface area contributed by atoms with Gasteiger partial charge in [-0.25, -0.2) is 0 Å². The number of pyridine rings is 2. The first-order valence-electron chi connectivity index (χ1n) is 5.58. The van der Waals surface area contributed by atoms with Crippen molar-refractivity contribution in [1.29, 1.82) is 0 Å². The summed E-state index contributed by atoms with van der Waals surface area (Å²) in [5.41, 5.74) is 0.274. The van der Waals surface area contributed by atoms with Crippen LogP contribution < -0.4 is 11.0 Å². The average molecular weight is 246 g/mol. The molecule has 5 nitrogen and oxygen atoms in total. The molecule has 0 aliphatic heterocycles. The summed E-state index contributed by atoms with van der Waals surface area (Å²) in [5, 5.41) is 9.86. The second-order valence-corrected chi connectivity index (χ2v) is 4.20. The highest BCUT2D eigenvalue weighted by Gasteiger charge is 2.19. The smallest absolute Gasteiger partial charge is 0.251 e. The molecule has 94 valence electrons. The van der Waals surface area contributed by atoms with Gasteiger partial charge in [0.05, 0.1) is 5.69 Å². The Hall–Kier alpha value is -2.30. The summed E-state index contributed by atoms with van der Waals surface area (Å²) in [5.74, 6) is -0.676. The maximum Gasteiger partial charge on any atom is 0.251 e. The summed E-state index contributed by atoms with van der Waals surface area (Å²) in [7, 11) is 1.72. The van der Waals surface area contributed by atoms with E-state index >= 15 is 0 Å². The van der Waals surface area contributed by atoms with Crippen LogP contribution in [0, 0.1) is 0 Å². The van der Waals surface area contributed by atoms with E-state index in [0.29, 0.717) is 11.3 Å². The molecule has 0 aliphatic carbocycles. The van der Waals surface area contributed by atoms with Gasteiger partial charge in [-0.2, -0.15) is 0 Å². The van der Waals surface area contributed by atoms with Crippen LogP contribution in [0.2, 0.25) is 0 Å². The van der Waals surface area contributed by atoms with Gasteiger partial charge < -0.3 is 14.7 Å². The number of aromatic hydroxyl groups is 1. The van der Waals surface area contributed by atoms with Gasteiger partial charge in [0.2, 0.25) is 5.43 Å². The van der Waals surface area contributed by atoms with Crippen LogP contribution in [0.25, 0.3) is 0 Å². The van der Waals surface area contributed by atoms with Gasteiger partial charge in [0.25, 0.3) is 5.56 Å². The van der Waals surface area contributed by atoms with Crippen molar-refractivity contribution in [2.75, 3.05) is 0 Å². The van der Waals surface area contributed by atoms with Gasteiger partial charge in [-0.05, 0) is 6.07 Å². The molecule has 2 heterocycles. The van der Waals surface area contributed by atoms with Crippen molar-refractivity contribution in [2.45, 2.75) is 12.8 Å². The summed E-state index contributed by atoms with van der Waals surface area (Å²) in [6, 6.07) is 4.69. The van der Waals surface area contributed by atoms with Crippen molar-refractivity contribution in [2.24, 2.45) is 7.05 Å². The van der Waals surface area contributed by atoms with Crippen LogP contribution in [0.4, 0.5) is 0 Å². The maximum absolute atomic E-state index is 11.7.